The van der Waals surface area contributed by atoms with Crippen molar-refractivity contribution in [3.63, 3.8) is 0 Å². The van der Waals surface area contributed by atoms with Crippen molar-refractivity contribution in [3.8, 4) is 0 Å². The number of rotatable bonds is 4. The van der Waals surface area contributed by atoms with Crippen LogP contribution in [-0.4, -0.2) is 20.5 Å². The summed E-state index contributed by atoms with van der Waals surface area (Å²) in [4.78, 5) is 23.8. The predicted molar refractivity (Wildman–Crippen MR) is 92.4 cm³/mol. The van der Waals surface area contributed by atoms with Crippen molar-refractivity contribution >= 4 is 5.78 Å². The maximum atomic E-state index is 12.8. The monoisotopic (exact) mass is 321 g/mol. The number of benzene rings is 1. The lowest BCUT2D eigenvalue weighted by atomic mass is 10.0. The van der Waals surface area contributed by atoms with Gasteiger partial charge in [-0.2, -0.15) is 5.10 Å². The molecule has 3 aromatic rings. The maximum Gasteiger partial charge on any atom is 0.264 e. The lowest BCUT2D eigenvalue weighted by Gasteiger charge is -2.08. The fraction of sp³-hybridized carbons (Fsp3) is 0.211. The number of aromatic nitrogens is 3. The Balaban J connectivity index is 1.88. The smallest absolute Gasteiger partial charge is 0.264 e. The molecule has 0 aliphatic carbocycles. The van der Waals surface area contributed by atoms with Crippen LogP contribution in [0.25, 0.3) is 0 Å². The minimum atomic E-state index is -0.226. The fourth-order valence-electron chi connectivity index (χ4n) is 2.65. The first kappa shape index (κ1) is 15.9. The molecule has 0 spiro atoms. The van der Waals surface area contributed by atoms with Crippen molar-refractivity contribution in [1.82, 2.24) is 14.8 Å². The molecule has 0 fully saturated rings. The highest BCUT2D eigenvalue weighted by Gasteiger charge is 2.15. The van der Waals surface area contributed by atoms with Gasteiger partial charge in [-0.1, -0.05) is 12.1 Å². The third-order valence-electron chi connectivity index (χ3n) is 4.33. The highest BCUT2D eigenvalue weighted by Crippen LogP contribution is 2.17. The molecule has 2 heterocycles. The summed E-state index contributed by atoms with van der Waals surface area (Å²) in [6.45, 7) is 4.03. The van der Waals surface area contributed by atoms with Crippen LogP contribution in [0.3, 0.4) is 0 Å². The Hall–Kier alpha value is -2.95. The van der Waals surface area contributed by atoms with Gasteiger partial charge in [0, 0.05) is 30.8 Å². The first-order valence-corrected chi connectivity index (χ1v) is 7.77. The van der Waals surface area contributed by atoms with Gasteiger partial charge in [-0.15, -0.1) is 0 Å². The van der Waals surface area contributed by atoms with Gasteiger partial charge < -0.3 is 4.57 Å². The van der Waals surface area contributed by atoms with E-state index in [0.29, 0.717) is 17.7 Å². The summed E-state index contributed by atoms with van der Waals surface area (Å²) in [6.07, 6.45) is 0.549. The Kier molecular flexibility index (Phi) is 4.16. The van der Waals surface area contributed by atoms with E-state index in [1.165, 1.54) is 11.6 Å². The molecule has 5 nitrogen and oxygen atoms in total. The average molecular weight is 321 g/mol. The summed E-state index contributed by atoms with van der Waals surface area (Å²) in [5.74, 6) is 0.00118. The first-order valence-electron chi connectivity index (χ1n) is 7.77. The summed E-state index contributed by atoms with van der Waals surface area (Å²) in [5.41, 5.74) is 5.08. The molecular weight excluding hydrogens is 302 g/mol. The van der Waals surface area contributed by atoms with Crippen LogP contribution < -0.4 is 5.56 Å². The second-order valence-electron chi connectivity index (χ2n) is 5.99. The van der Waals surface area contributed by atoms with Crippen LogP contribution in [-0.2, 0) is 13.5 Å². The molecule has 3 rings (SSSR count). The molecule has 0 aliphatic heterocycles. The number of nitrogens with one attached hydrogen (secondary N) is 1. The van der Waals surface area contributed by atoms with Gasteiger partial charge in [-0.05, 0) is 49.2 Å². The minimum Gasteiger partial charge on any atom is -0.345 e. The molecule has 122 valence electrons. The second-order valence-corrected chi connectivity index (χ2v) is 5.99. The van der Waals surface area contributed by atoms with E-state index in [4.69, 9.17) is 0 Å². The highest BCUT2D eigenvalue weighted by molar-refractivity contribution is 6.08. The summed E-state index contributed by atoms with van der Waals surface area (Å²) >= 11 is 0. The lowest BCUT2D eigenvalue weighted by Crippen LogP contribution is -2.11. The van der Waals surface area contributed by atoms with Gasteiger partial charge in [-0.25, -0.2) is 5.10 Å². The SMILES string of the molecule is Cc1ccc(C(=O)c2ccc(Cc3ccc(=O)[nH]n3)n2C)cc1C. The third kappa shape index (κ3) is 3.06. The Morgan fingerprint density at radius 1 is 1.08 bits per heavy atom. The van der Waals surface area contributed by atoms with E-state index in [0.717, 1.165) is 17.0 Å². The van der Waals surface area contributed by atoms with Crippen LogP contribution in [0.15, 0.2) is 47.3 Å². The van der Waals surface area contributed by atoms with Crippen LogP contribution in [0.4, 0.5) is 0 Å². The summed E-state index contributed by atoms with van der Waals surface area (Å²) in [5, 5.41) is 6.44. The van der Waals surface area contributed by atoms with Gasteiger partial charge in [0.2, 0.25) is 5.78 Å². The zero-order valence-corrected chi connectivity index (χ0v) is 14.0. The van der Waals surface area contributed by atoms with E-state index in [1.807, 2.05) is 55.8 Å². The molecule has 1 N–H and O–H groups in total. The van der Waals surface area contributed by atoms with Gasteiger partial charge in [0.1, 0.15) is 0 Å². The molecule has 0 bridgehead atoms. The molecule has 2 aromatic heterocycles. The molecular formula is C19H19N3O2. The maximum absolute atomic E-state index is 12.8. The molecule has 0 saturated heterocycles. The van der Waals surface area contributed by atoms with Crippen molar-refractivity contribution in [2.24, 2.45) is 7.05 Å². The van der Waals surface area contributed by atoms with Crippen LogP contribution in [0, 0.1) is 13.8 Å². The lowest BCUT2D eigenvalue weighted by molar-refractivity contribution is 0.103. The third-order valence-corrected chi connectivity index (χ3v) is 4.33. The van der Waals surface area contributed by atoms with E-state index in [-0.39, 0.29) is 11.3 Å². The number of ketones is 1. The number of nitrogens with zero attached hydrogens (tertiary/aromatic N) is 2. The van der Waals surface area contributed by atoms with Crippen molar-refractivity contribution < 1.29 is 4.79 Å². The molecule has 0 atom stereocenters. The molecule has 24 heavy (non-hydrogen) atoms. The zero-order valence-electron chi connectivity index (χ0n) is 14.0. The normalized spacial score (nSPS) is 10.8. The van der Waals surface area contributed by atoms with Crippen molar-refractivity contribution in [1.29, 1.82) is 0 Å². The topological polar surface area (TPSA) is 67.8 Å². The van der Waals surface area contributed by atoms with Crippen molar-refractivity contribution in [2.45, 2.75) is 20.3 Å². The van der Waals surface area contributed by atoms with Crippen molar-refractivity contribution in [2.75, 3.05) is 0 Å². The fourth-order valence-corrected chi connectivity index (χ4v) is 2.65. The quantitative estimate of drug-likeness (QED) is 0.751. The van der Waals surface area contributed by atoms with E-state index in [2.05, 4.69) is 10.2 Å². The summed E-state index contributed by atoms with van der Waals surface area (Å²) < 4.78 is 1.88. The number of hydrogen-bond acceptors (Lipinski definition) is 3. The van der Waals surface area contributed by atoms with E-state index < -0.39 is 0 Å². The van der Waals surface area contributed by atoms with Gasteiger partial charge in [0.25, 0.3) is 5.56 Å². The van der Waals surface area contributed by atoms with Crippen LogP contribution in [0.5, 0.6) is 0 Å². The molecule has 0 amide bonds. The molecule has 5 heteroatoms. The molecule has 0 radical (unpaired) electrons. The van der Waals surface area contributed by atoms with Gasteiger partial charge in [0.05, 0.1) is 11.4 Å². The second kappa shape index (κ2) is 6.28. The Morgan fingerprint density at radius 3 is 2.54 bits per heavy atom. The largest absolute Gasteiger partial charge is 0.345 e. The highest BCUT2D eigenvalue weighted by atomic mass is 16.1. The van der Waals surface area contributed by atoms with E-state index in [1.54, 1.807) is 6.07 Å². The minimum absolute atomic E-state index is 0.00118. The van der Waals surface area contributed by atoms with E-state index in [9.17, 15) is 9.59 Å². The number of hydrogen-bond donors (Lipinski definition) is 1. The number of H-pyrrole nitrogens is 1. The molecule has 1 aromatic carbocycles. The summed E-state index contributed by atoms with van der Waals surface area (Å²) in [7, 11) is 1.87. The predicted octanol–water partition coefficient (Wildman–Crippen LogP) is 2.55. The number of carbonyl (C=O) groups excluding carboxylic acids is 1. The van der Waals surface area contributed by atoms with Gasteiger partial charge in [-0.3, -0.25) is 9.59 Å². The molecule has 0 saturated carbocycles. The van der Waals surface area contributed by atoms with Gasteiger partial charge >= 0.3 is 0 Å². The van der Waals surface area contributed by atoms with E-state index >= 15 is 0 Å². The number of aromatic amines is 1. The Labute approximate surface area is 140 Å². The number of aryl methyl sites for hydroxylation is 2. The molecule has 0 aliphatic rings. The Morgan fingerprint density at radius 2 is 1.88 bits per heavy atom. The van der Waals surface area contributed by atoms with Crippen molar-refractivity contribution in [3.05, 3.63) is 86.6 Å². The number of carbonyl (C=O) groups is 1. The first-order chi connectivity index (χ1) is 11.5. The summed E-state index contributed by atoms with van der Waals surface area (Å²) in [6, 6.07) is 12.6. The van der Waals surface area contributed by atoms with Crippen LogP contribution in [0.1, 0.15) is 38.6 Å². The molecule has 0 unspecified atom stereocenters. The zero-order chi connectivity index (χ0) is 17.3. The van der Waals surface area contributed by atoms with Gasteiger partial charge in [0.15, 0.2) is 0 Å². The average Bonchev–Trinajstić information content (AvgIpc) is 2.92. The Bertz CT molecular complexity index is 946. The van der Waals surface area contributed by atoms with Crippen LogP contribution >= 0.6 is 0 Å². The van der Waals surface area contributed by atoms with Crippen LogP contribution in [0.2, 0.25) is 0 Å². The standard InChI is InChI=1S/C19H19N3O2/c1-12-4-5-14(10-13(12)2)19(24)17-8-7-16(22(17)3)11-15-6-9-18(23)21-20-15/h4-10H,11H2,1-3H3,(H,21,23).